The maximum absolute atomic E-state index is 12.2. The van der Waals surface area contributed by atoms with Gasteiger partial charge in [0.05, 0.1) is 6.21 Å². The molecule has 0 aliphatic rings. The van der Waals surface area contributed by atoms with Crippen molar-refractivity contribution in [2.45, 2.75) is 52.4 Å². The SMILES string of the molecule is CC(C)(C)c1cc(/C=N\NC(=O)COc2cccc3cccnc23)cc(C(C)(C)C)c1O. The molecule has 6 nitrogen and oxygen atoms in total. The molecule has 0 atom stereocenters. The minimum Gasteiger partial charge on any atom is -0.507 e. The van der Waals surface area contributed by atoms with Crippen LogP contribution in [-0.4, -0.2) is 28.8 Å². The van der Waals surface area contributed by atoms with Crippen molar-refractivity contribution in [1.29, 1.82) is 0 Å². The summed E-state index contributed by atoms with van der Waals surface area (Å²) in [5.41, 5.74) is 5.21. The number of pyridine rings is 1. The molecule has 32 heavy (non-hydrogen) atoms. The molecule has 0 aliphatic carbocycles. The monoisotopic (exact) mass is 433 g/mol. The minimum absolute atomic E-state index is 0.177. The highest BCUT2D eigenvalue weighted by atomic mass is 16.5. The second kappa shape index (κ2) is 8.99. The van der Waals surface area contributed by atoms with Crippen LogP contribution >= 0.6 is 0 Å². The van der Waals surface area contributed by atoms with Crippen molar-refractivity contribution in [2.24, 2.45) is 5.10 Å². The first-order valence-corrected chi connectivity index (χ1v) is 10.6. The molecule has 0 fully saturated rings. The molecule has 0 aliphatic heterocycles. The molecule has 3 aromatic rings. The summed E-state index contributed by atoms with van der Waals surface area (Å²) in [6.07, 6.45) is 3.27. The molecule has 0 bridgehead atoms. The Hall–Kier alpha value is -3.41. The van der Waals surface area contributed by atoms with E-state index in [9.17, 15) is 9.90 Å². The molecular weight excluding hydrogens is 402 g/mol. The van der Waals surface area contributed by atoms with Crippen LogP contribution in [-0.2, 0) is 15.6 Å². The maximum atomic E-state index is 12.2. The molecule has 0 saturated carbocycles. The number of nitrogens with one attached hydrogen (secondary N) is 1. The number of aromatic nitrogens is 1. The zero-order valence-electron chi connectivity index (χ0n) is 19.6. The molecule has 1 heterocycles. The summed E-state index contributed by atoms with van der Waals surface area (Å²) < 4.78 is 5.65. The highest BCUT2D eigenvalue weighted by Crippen LogP contribution is 2.39. The van der Waals surface area contributed by atoms with Gasteiger partial charge in [0.25, 0.3) is 5.91 Å². The van der Waals surface area contributed by atoms with Crippen LogP contribution in [0.25, 0.3) is 10.9 Å². The molecule has 1 amide bonds. The lowest BCUT2D eigenvalue weighted by Gasteiger charge is -2.27. The van der Waals surface area contributed by atoms with E-state index in [1.165, 1.54) is 0 Å². The van der Waals surface area contributed by atoms with E-state index in [0.717, 1.165) is 22.1 Å². The van der Waals surface area contributed by atoms with Gasteiger partial charge >= 0.3 is 0 Å². The first-order chi connectivity index (χ1) is 15.0. The smallest absolute Gasteiger partial charge is 0.277 e. The van der Waals surface area contributed by atoms with Crippen LogP contribution in [0.15, 0.2) is 53.8 Å². The van der Waals surface area contributed by atoms with Crippen LogP contribution in [0.5, 0.6) is 11.5 Å². The zero-order chi connectivity index (χ0) is 23.5. The van der Waals surface area contributed by atoms with E-state index in [2.05, 4.69) is 57.1 Å². The number of phenols is 1. The van der Waals surface area contributed by atoms with Crippen molar-refractivity contribution in [2.75, 3.05) is 6.61 Å². The largest absolute Gasteiger partial charge is 0.507 e. The van der Waals surface area contributed by atoms with Gasteiger partial charge in [-0.15, -0.1) is 0 Å². The third-order valence-electron chi connectivity index (χ3n) is 5.11. The molecule has 6 heteroatoms. The molecule has 2 N–H and O–H groups in total. The lowest BCUT2D eigenvalue weighted by atomic mass is 9.78. The van der Waals surface area contributed by atoms with Gasteiger partial charge in [-0.2, -0.15) is 5.10 Å². The molecule has 0 spiro atoms. The number of para-hydroxylation sites is 1. The Balaban J connectivity index is 1.72. The summed E-state index contributed by atoms with van der Waals surface area (Å²) in [4.78, 5) is 16.6. The Bertz CT molecular complexity index is 1110. The van der Waals surface area contributed by atoms with Gasteiger partial charge in [-0.25, -0.2) is 5.43 Å². The van der Waals surface area contributed by atoms with E-state index >= 15 is 0 Å². The number of hydrogen-bond acceptors (Lipinski definition) is 5. The predicted octanol–water partition coefficient (Wildman–Crippen LogP) is 5.06. The maximum Gasteiger partial charge on any atom is 0.277 e. The van der Waals surface area contributed by atoms with Crippen LogP contribution in [0.2, 0.25) is 0 Å². The number of hydrogen-bond donors (Lipinski definition) is 2. The van der Waals surface area contributed by atoms with Crippen LogP contribution in [0, 0.1) is 0 Å². The normalized spacial score (nSPS) is 12.3. The molecule has 2 aromatic carbocycles. The molecule has 168 valence electrons. The number of carbonyl (C=O) groups is 1. The van der Waals surface area contributed by atoms with Crippen LogP contribution in [0.4, 0.5) is 0 Å². The Morgan fingerprint density at radius 1 is 1.06 bits per heavy atom. The summed E-state index contributed by atoms with van der Waals surface area (Å²) >= 11 is 0. The average molecular weight is 434 g/mol. The zero-order valence-corrected chi connectivity index (χ0v) is 19.6. The van der Waals surface area contributed by atoms with Gasteiger partial charge in [0.15, 0.2) is 6.61 Å². The Kier molecular flexibility index (Phi) is 6.53. The summed E-state index contributed by atoms with van der Waals surface area (Å²) in [7, 11) is 0. The number of nitrogens with zero attached hydrogens (tertiary/aromatic N) is 2. The number of hydrazone groups is 1. The van der Waals surface area contributed by atoms with Crippen molar-refractivity contribution < 1.29 is 14.6 Å². The Morgan fingerprint density at radius 3 is 2.31 bits per heavy atom. The number of amides is 1. The minimum atomic E-state index is -0.375. The Labute approximate surface area is 189 Å². The molecule has 1 aromatic heterocycles. The highest BCUT2D eigenvalue weighted by molar-refractivity contribution is 5.86. The second-order valence-electron chi connectivity index (χ2n) is 9.88. The first-order valence-electron chi connectivity index (χ1n) is 10.6. The standard InChI is InChI=1S/C26H31N3O3/c1-25(2,3)19-13-17(14-20(24(19)31)26(4,5)6)15-28-29-22(30)16-32-21-11-7-9-18-10-8-12-27-23(18)21/h7-15,31H,16H2,1-6H3,(H,29,30)/b28-15-. The quantitative estimate of drug-likeness (QED) is 0.435. The van der Waals surface area contributed by atoms with E-state index in [1.807, 2.05) is 36.4 Å². The van der Waals surface area contributed by atoms with Crippen LogP contribution in [0.3, 0.4) is 0 Å². The second-order valence-corrected chi connectivity index (χ2v) is 9.88. The lowest BCUT2D eigenvalue weighted by Crippen LogP contribution is -2.24. The summed E-state index contributed by atoms with van der Waals surface area (Å²) in [6.45, 7) is 12.1. The van der Waals surface area contributed by atoms with Gasteiger partial charge < -0.3 is 9.84 Å². The number of rotatable bonds is 5. The van der Waals surface area contributed by atoms with Gasteiger partial charge in [0.1, 0.15) is 17.0 Å². The van der Waals surface area contributed by atoms with E-state index in [-0.39, 0.29) is 23.3 Å². The fraction of sp³-hybridized carbons (Fsp3) is 0.346. The van der Waals surface area contributed by atoms with Gasteiger partial charge in [-0.1, -0.05) is 59.7 Å². The third-order valence-corrected chi connectivity index (χ3v) is 5.11. The number of fused-ring (bicyclic) bond motifs is 1. The van der Waals surface area contributed by atoms with Gasteiger partial charge in [-0.3, -0.25) is 9.78 Å². The molecule has 0 radical (unpaired) electrons. The topological polar surface area (TPSA) is 83.8 Å². The van der Waals surface area contributed by atoms with Crippen molar-refractivity contribution in [1.82, 2.24) is 10.4 Å². The molecular formula is C26H31N3O3. The van der Waals surface area contributed by atoms with Gasteiger partial charge in [0.2, 0.25) is 0 Å². The van der Waals surface area contributed by atoms with Crippen LogP contribution < -0.4 is 10.2 Å². The van der Waals surface area contributed by atoms with E-state index in [0.29, 0.717) is 17.0 Å². The molecule has 3 rings (SSSR count). The number of benzene rings is 2. The molecule has 0 saturated heterocycles. The van der Waals surface area contributed by atoms with Crippen LogP contribution in [0.1, 0.15) is 58.2 Å². The van der Waals surface area contributed by atoms with E-state index in [1.54, 1.807) is 18.5 Å². The predicted molar refractivity (Wildman–Crippen MR) is 128 cm³/mol. The summed E-state index contributed by atoms with van der Waals surface area (Å²) in [6, 6.07) is 13.2. The Morgan fingerprint density at radius 2 is 1.69 bits per heavy atom. The van der Waals surface area contributed by atoms with Gasteiger partial charge in [-0.05, 0) is 40.7 Å². The number of carbonyl (C=O) groups excluding carboxylic acids is 1. The number of phenolic OH excluding ortho intramolecular Hbond substituents is 1. The first kappa shape index (κ1) is 23.3. The van der Waals surface area contributed by atoms with Crippen molar-refractivity contribution in [3.05, 3.63) is 65.4 Å². The fourth-order valence-corrected chi connectivity index (χ4v) is 3.42. The summed E-state index contributed by atoms with van der Waals surface area (Å²) in [5.74, 6) is 0.480. The van der Waals surface area contributed by atoms with Crippen molar-refractivity contribution >= 4 is 23.0 Å². The van der Waals surface area contributed by atoms with Gasteiger partial charge in [0, 0.05) is 22.7 Å². The van der Waals surface area contributed by atoms with E-state index < -0.39 is 0 Å². The van der Waals surface area contributed by atoms with Crippen molar-refractivity contribution in [3.63, 3.8) is 0 Å². The third kappa shape index (κ3) is 5.44. The van der Waals surface area contributed by atoms with Crippen molar-refractivity contribution in [3.8, 4) is 11.5 Å². The number of ether oxygens (including phenoxy) is 1. The lowest BCUT2D eigenvalue weighted by molar-refractivity contribution is -0.123. The molecule has 0 unspecified atom stereocenters. The average Bonchev–Trinajstić information content (AvgIpc) is 2.71. The highest BCUT2D eigenvalue weighted by Gasteiger charge is 2.26. The number of aromatic hydroxyl groups is 1. The van der Waals surface area contributed by atoms with E-state index in [4.69, 9.17) is 4.74 Å². The summed E-state index contributed by atoms with van der Waals surface area (Å²) in [5, 5.41) is 15.9. The fourth-order valence-electron chi connectivity index (χ4n) is 3.42.